The molecule has 282 valence electrons. The Bertz CT molecular complexity index is 1790. The Labute approximate surface area is 308 Å². The summed E-state index contributed by atoms with van der Waals surface area (Å²) < 4.78 is 25.4. The maximum Gasteiger partial charge on any atom is 0.225 e. The molecule has 1 amide bonds. The number of anilines is 3. The molecule has 52 heavy (non-hydrogen) atoms. The largest absolute Gasteiger partial charge is 0.492 e. The van der Waals surface area contributed by atoms with Crippen molar-refractivity contribution in [3.05, 3.63) is 42.1 Å². The number of hydrogen-bond donors (Lipinski definition) is 3. The maximum absolute atomic E-state index is 13.7. The monoisotopic (exact) mass is 735 g/mol. The number of piperazine rings is 1. The molecule has 0 aliphatic carbocycles. The van der Waals surface area contributed by atoms with Gasteiger partial charge in [-0.2, -0.15) is 5.10 Å². The number of nitrogens with one attached hydrogen (secondary N) is 3. The van der Waals surface area contributed by atoms with Gasteiger partial charge in [-0.05, 0) is 47.1 Å². The van der Waals surface area contributed by atoms with E-state index >= 15 is 0 Å². The quantitative estimate of drug-likeness (QED) is 0.0998. The number of aromatic nitrogens is 6. The third-order valence-electron chi connectivity index (χ3n) is 8.84. The normalized spacial score (nSPS) is 14.5. The molecule has 1 unspecified atom stereocenters. The molecule has 1 aromatic carbocycles. The summed E-state index contributed by atoms with van der Waals surface area (Å²) in [5.41, 5.74) is 2.67. The SMILES string of the molecule is Cc1[nH]nc(Nc2ncnc3cc(OCCCN4CCN(c5ncc(OCCN(C=O)CCNC(C)C)cn5)CC4)c(S(=O)C(C)(C)C)cc23)c1C. The van der Waals surface area contributed by atoms with E-state index in [0.29, 0.717) is 71.8 Å². The minimum Gasteiger partial charge on any atom is -0.492 e. The Morgan fingerprint density at radius 1 is 1.00 bits per heavy atom. The minimum atomic E-state index is -1.35. The number of amides is 1. The third kappa shape index (κ3) is 10.3. The van der Waals surface area contributed by atoms with Crippen molar-refractivity contribution < 1.29 is 18.5 Å². The van der Waals surface area contributed by atoms with Gasteiger partial charge in [-0.15, -0.1) is 0 Å². The average Bonchev–Trinajstić information content (AvgIpc) is 3.44. The first-order valence-corrected chi connectivity index (χ1v) is 19.0. The fraction of sp³-hybridized carbons (Fsp3) is 0.556. The molecule has 1 atom stereocenters. The van der Waals surface area contributed by atoms with Crippen LogP contribution >= 0.6 is 0 Å². The smallest absolute Gasteiger partial charge is 0.225 e. The van der Waals surface area contributed by atoms with Gasteiger partial charge < -0.3 is 29.9 Å². The van der Waals surface area contributed by atoms with Gasteiger partial charge in [-0.25, -0.2) is 19.9 Å². The Balaban J connectivity index is 1.11. The number of fused-ring (bicyclic) bond motifs is 1. The van der Waals surface area contributed by atoms with E-state index in [1.807, 2.05) is 46.8 Å². The molecule has 3 aromatic heterocycles. The van der Waals surface area contributed by atoms with E-state index in [4.69, 9.17) is 9.47 Å². The molecule has 5 rings (SSSR count). The van der Waals surface area contributed by atoms with Crippen molar-refractivity contribution in [1.29, 1.82) is 0 Å². The number of carbonyl (C=O) groups excluding carboxylic acids is 1. The number of hydrogen-bond acceptors (Lipinski definition) is 13. The summed E-state index contributed by atoms with van der Waals surface area (Å²) in [5.74, 6) is 3.12. The Hall–Kier alpha value is -4.41. The molecule has 0 saturated carbocycles. The van der Waals surface area contributed by atoms with E-state index in [9.17, 15) is 9.00 Å². The molecule has 3 N–H and O–H groups in total. The third-order valence-corrected chi connectivity index (χ3v) is 10.7. The summed E-state index contributed by atoms with van der Waals surface area (Å²) in [6.07, 6.45) is 6.55. The van der Waals surface area contributed by atoms with E-state index in [-0.39, 0.29) is 0 Å². The lowest BCUT2D eigenvalue weighted by Gasteiger charge is -2.34. The number of nitrogens with zero attached hydrogens (tertiary/aromatic N) is 8. The molecule has 16 heteroatoms. The standard InChI is InChI=1S/C36H53N11O4S/c1-25(2)37-9-11-46(24-48)16-18-50-28-21-38-35(39-22-28)47-14-12-45(13-15-47)10-8-17-51-31-20-30-29(19-32(31)52(49)36(5,6)7)34(41-23-40-30)42-33-26(3)27(4)43-44-33/h19-25,37H,8-18H2,1-7H3,(H2,40,41,42,43,44). The van der Waals surface area contributed by atoms with Crippen molar-refractivity contribution >= 4 is 45.7 Å². The first kappa shape index (κ1) is 38.8. The van der Waals surface area contributed by atoms with Crippen LogP contribution in [-0.2, 0) is 15.6 Å². The van der Waals surface area contributed by atoms with Crippen molar-refractivity contribution in [1.82, 2.24) is 45.2 Å². The second kappa shape index (κ2) is 17.9. The predicted octanol–water partition coefficient (Wildman–Crippen LogP) is 3.84. The van der Waals surface area contributed by atoms with Gasteiger partial charge in [0.05, 0.1) is 46.8 Å². The molecule has 4 aromatic rings. The minimum absolute atomic E-state index is 0.376. The van der Waals surface area contributed by atoms with Crippen LogP contribution in [0.15, 0.2) is 35.7 Å². The molecule has 4 heterocycles. The number of aryl methyl sites for hydroxylation is 1. The van der Waals surface area contributed by atoms with E-state index in [1.165, 1.54) is 6.33 Å². The van der Waals surface area contributed by atoms with Gasteiger partial charge in [0.1, 0.15) is 24.5 Å². The van der Waals surface area contributed by atoms with Crippen LogP contribution in [0.2, 0.25) is 0 Å². The summed E-state index contributed by atoms with van der Waals surface area (Å²) in [5, 5.41) is 14.7. The molecule has 1 saturated heterocycles. The van der Waals surface area contributed by atoms with Crippen LogP contribution in [0.1, 0.15) is 52.3 Å². The van der Waals surface area contributed by atoms with E-state index in [1.54, 1.807) is 17.3 Å². The van der Waals surface area contributed by atoms with Gasteiger partial charge in [-0.3, -0.25) is 19.0 Å². The van der Waals surface area contributed by atoms with Crippen molar-refractivity contribution in [2.75, 3.05) is 75.8 Å². The average molecular weight is 736 g/mol. The number of ether oxygens (including phenoxy) is 2. The summed E-state index contributed by atoms with van der Waals surface area (Å²) in [6, 6.07) is 4.13. The van der Waals surface area contributed by atoms with Crippen LogP contribution in [0.5, 0.6) is 11.5 Å². The Morgan fingerprint density at radius 2 is 1.75 bits per heavy atom. The molecule has 0 bridgehead atoms. The molecular weight excluding hydrogens is 683 g/mol. The highest BCUT2D eigenvalue weighted by Crippen LogP contribution is 2.35. The van der Waals surface area contributed by atoms with Crippen LogP contribution in [0, 0.1) is 13.8 Å². The summed E-state index contributed by atoms with van der Waals surface area (Å²) in [4.78, 5) is 36.3. The van der Waals surface area contributed by atoms with E-state index < -0.39 is 15.5 Å². The molecule has 1 aliphatic heterocycles. The summed E-state index contributed by atoms with van der Waals surface area (Å²) in [7, 11) is -1.35. The highest BCUT2D eigenvalue weighted by molar-refractivity contribution is 7.86. The molecule has 1 fully saturated rings. The summed E-state index contributed by atoms with van der Waals surface area (Å²) >= 11 is 0. The predicted molar refractivity (Wildman–Crippen MR) is 204 cm³/mol. The second-order valence-corrected chi connectivity index (χ2v) is 16.4. The molecule has 15 nitrogen and oxygen atoms in total. The fourth-order valence-corrected chi connectivity index (χ4v) is 6.84. The summed E-state index contributed by atoms with van der Waals surface area (Å²) in [6.45, 7) is 21.0. The highest BCUT2D eigenvalue weighted by Gasteiger charge is 2.26. The number of rotatable bonds is 18. The van der Waals surface area contributed by atoms with Gasteiger partial charge >= 0.3 is 0 Å². The number of benzene rings is 1. The van der Waals surface area contributed by atoms with Crippen molar-refractivity contribution in [2.45, 2.75) is 70.6 Å². The zero-order valence-corrected chi connectivity index (χ0v) is 32.3. The van der Waals surface area contributed by atoms with Gasteiger partial charge in [0.25, 0.3) is 0 Å². The van der Waals surface area contributed by atoms with E-state index in [2.05, 4.69) is 64.4 Å². The molecule has 0 radical (unpaired) electrons. The zero-order chi connectivity index (χ0) is 37.3. The van der Waals surface area contributed by atoms with Crippen LogP contribution in [0.4, 0.5) is 17.6 Å². The van der Waals surface area contributed by atoms with Crippen molar-refractivity contribution in [2.24, 2.45) is 0 Å². The first-order valence-electron chi connectivity index (χ1n) is 17.9. The van der Waals surface area contributed by atoms with Gasteiger partial charge in [-0.1, -0.05) is 13.8 Å². The van der Waals surface area contributed by atoms with Gasteiger partial charge in [0, 0.05) is 79.3 Å². The lowest BCUT2D eigenvalue weighted by molar-refractivity contribution is -0.118. The molecule has 0 spiro atoms. The van der Waals surface area contributed by atoms with E-state index in [0.717, 1.165) is 68.7 Å². The van der Waals surface area contributed by atoms with Crippen LogP contribution < -0.4 is 25.0 Å². The highest BCUT2D eigenvalue weighted by atomic mass is 32.2. The lowest BCUT2D eigenvalue weighted by Crippen LogP contribution is -2.47. The molecule has 1 aliphatic rings. The Kier molecular flexibility index (Phi) is 13.3. The van der Waals surface area contributed by atoms with Crippen molar-refractivity contribution in [3.8, 4) is 11.5 Å². The van der Waals surface area contributed by atoms with Gasteiger partial charge in [0.2, 0.25) is 12.4 Å². The first-order chi connectivity index (χ1) is 24.9. The Morgan fingerprint density at radius 3 is 2.40 bits per heavy atom. The fourth-order valence-electron chi connectivity index (χ4n) is 5.65. The molecular formula is C36H53N11O4S. The maximum atomic E-state index is 13.7. The number of carbonyl (C=O) groups is 1. The zero-order valence-electron chi connectivity index (χ0n) is 31.4. The van der Waals surface area contributed by atoms with Crippen molar-refractivity contribution in [3.63, 3.8) is 0 Å². The topological polar surface area (TPSA) is 167 Å². The van der Waals surface area contributed by atoms with Gasteiger partial charge in [0.15, 0.2) is 11.6 Å². The second-order valence-electron chi connectivity index (χ2n) is 14.2. The number of aromatic amines is 1. The van der Waals surface area contributed by atoms with Crippen LogP contribution in [0.25, 0.3) is 10.9 Å². The van der Waals surface area contributed by atoms with Crippen LogP contribution in [-0.4, -0.2) is 127 Å². The van der Waals surface area contributed by atoms with Crippen LogP contribution in [0.3, 0.4) is 0 Å². The lowest BCUT2D eigenvalue weighted by atomic mass is 10.2. The number of H-pyrrole nitrogens is 1.